The molecule has 0 saturated carbocycles. The molecule has 0 amide bonds. The average Bonchev–Trinajstić information content (AvgIpc) is 2.41. The zero-order chi connectivity index (χ0) is 13.8. The first-order valence-corrected chi connectivity index (χ1v) is 6.89. The van der Waals surface area contributed by atoms with Crippen molar-refractivity contribution in [1.29, 1.82) is 0 Å². The number of piperidine rings is 1. The van der Waals surface area contributed by atoms with E-state index in [9.17, 15) is 10.0 Å². The van der Waals surface area contributed by atoms with Crippen molar-refractivity contribution in [1.82, 2.24) is 4.90 Å². The summed E-state index contributed by atoms with van der Waals surface area (Å²) in [5, 5.41) is 18.9. The van der Waals surface area contributed by atoms with Crippen molar-refractivity contribution < 1.29 is 14.8 Å². The van der Waals surface area contributed by atoms with Crippen LogP contribution in [0.3, 0.4) is 0 Å². The van der Waals surface area contributed by atoms with E-state index in [0.29, 0.717) is 11.5 Å². The van der Waals surface area contributed by atoms with Gasteiger partial charge in [-0.15, -0.1) is 0 Å². The monoisotopic (exact) mass is 263 g/mol. The van der Waals surface area contributed by atoms with Gasteiger partial charge in [-0.25, -0.2) is 0 Å². The van der Waals surface area contributed by atoms with Gasteiger partial charge in [0.2, 0.25) is 0 Å². The topological polar surface area (TPSA) is 52.9 Å². The Hall–Kier alpha value is -1.04. The van der Waals surface area contributed by atoms with Gasteiger partial charge in [-0.1, -0.05) is 12.5 Å². The van der Waals surface area contributed by atoms with Gasteiger partial charge in [0.1, 0.15) is 5.75 Å². The molecule has 1 heterocycles. The lowest BCUT2D eigenvalue weighted by molar-refractivity contribution is 0.153. The fourth-order valence-corrected chi connectivity index (χ4v) is 2.71. The molecule has 0 aromatic heterocycles. The molecule has 1 unspecified atom stereocenters. The number of hydrogen-bond acceptors (Lipinski definition) is 4. The minimum atomic E-state index is -1.43. The SMILES string of the molecule is COc1ccc(B(O)O)c(CN2CCCCC2C)c1. The Kier molecular flexibility index (Phi) is 4.85. The summed E-state index contributed by atoms with van der Waals surface area (Å²) in [6.07, 6.45) is 3.71. The third-order valence-corrected chi connectivity index (χ3v) is 3.94. The zero-order valence-electron chi connectivity index (χ0n) is 11.7. The fourth-order valence-electron chi connectivity index (χ4n) is 2.71. The van der Waals surface area contributed by atoms with Crippen molar-refractivity contribution in [3.8, 4) is 5.75 Å². The van der Waals surface area contributed by atoms with Gasteiger partial charge < -0.3 is 14.8 Å². The first-order chi connectivity index (χ1) is 9.11. The highest BCUT2D eigenvalue weighted by atomic mass is 16.5. The van der Waals surface area contributed by atoms with Gasteiger partial charge in [0.15, 0.2) is 0 Å². The molecule has 5 heteroatoms. The van der Waals surface area contributed by atoms with Gasteiger partial charge in [-0.05, 0) is 49.5 Å². The molecule has 19 heavy (non-hydrogen) atoms. The second-order valence-electron chi connectivity index (χ2n) is 5.25. The van der Waals surface area contributed by atoms with Gasteiger partial charge in [-0.2, -0.15) is 0 Å². The van der Waals surface area contributed by atoms with Crippen molar-refractivity contribution in [2.24, 2.45) is 0 Å². The van der Waals surface area contributed by atoms with E-state index in [2.05, 4.69) is 11.8 Å². The lowest BCUT2D eigenvalue weighted by Crippen LogP contribution is -2.40. The van der Waals surface area contributed by atoms with Gasteiger partial charge in [0.25, 0.3) is 0 Å². The van der Waals surface area contributed by atoms with Crippen LogP contribution in [-0.2, 0) is 6.54 Å². The Morgan fingerprint density at radius 3 is 2.79 bits per heavy atom. The van der Waals surface area contributed by atoms with Crippen LogP contribution in [0.25, 0.3) is 0 Å². The first kappa shape index (κ1) is 14.4. The summed E-state index contributed by atoms with van der Waals surface area (Å²) in [4.78, 5) is 2.39. The molecule has 1 aromatic carbocycles. The van der Waals surface area contributed by atoms with Crippen molar-refractivity contribution >= 4 is 12.6 Å². The molecular formula is C14H22BNO3. The van der Waals surface area contributed by atoms with Crippen LogP contribution in [0.2, 0.25) is 0 Å². The lowest BCUT2D eigenvalue weighted by Gasteiger charge is -2.33. The summed E-state index contributed by atoms with van der Waals surface area (Å²) < 4.78 is 5.22. The first-order valence-electron chi connectivity index (χ1n) is 6.89. The molecule has 0 spiro atoms. The van der Waals surface area contributed by atoms with Gasteiger partial charge in [0, 0.05) is 12.6 Å². The highest BCUT2D eigenvalue weighted by Crippen LogP contribution is 2.20. The van der Waals surface area contributed by atoms with Crippen LogP contribution < -0.4 is 10.2 Å². The zero-order valence-corrected chi connectivity index (χ0v) is 11.7. The van der Waals surface area contributed by atoms with Gasteiger partial charge in [-0.3, -0.25) is 4.90 Å². The summed E-state index contributed by atoms with van der Waals surface area (Å²) in [5.41, 5.74) is 1.50. The van der Waals surface area contributed by atoms with Crippen LogP contribution in [0.15, 0.2) is 18.2 Å². The molecule has 104 valence electrons. The summed E-state index contributed by atoms with van der Waals surface area (Å²) >= 11 is 0. The van der Waals surface area contributed by atoms with Crippen molar-refractivity contribution in [3.05, 3.63) is 23.8 Å². The highest BCUT2D eigenvalue weighted by molar-refractivity contribution is 6.59. The normalized spacial score (nSPS) is 20.3. The fraction of sp³-hybridized carbons (Fsp3) is 0.571. The largest absolute Gasteiger partial charge is 0.497 e. The van der Waals surface area contributed by atoms with Crippen molar-refractivity contribution in [3.63, 3.8) is 0 Å². The maximum atomic E-state index is 9.46. The van der Waals surface area contributed by atoms with E-state index in [-0.39, 0.29) is 0 Å². The molecule has 2 rings (SSSR count). The van der Waals surface area contributed by atoms with Crippen molar-refractivity contribution in [2.75, 3.05) is 13.7 Å². The van der Waals surface area contributed by atoms with E-state index >= 15 is 0 Å². The Labute approximate surface area is 115 Å². The van der Waals surface area contributed by atoms with E-state index in [1.165, 1.54) is 19.3 Å². The maximum absolute atomic E-state index is 9.46. The van der Waals surface area contributed by atoms with Crippen LogP contribution >= 0.6 is 0 Å². The summed E-state index contributed by atoms with van der Waals surface area (Å²) in [7, 11) is 0.193. The van der Waals surface area contributed by atoms with Crippen LogP contribution in [-0.4, -0.2) is 41.8 Å². The molecule has 1 saturated heterocycles. The molecule has 2 N–H and O–H groups in total. The maximum Gasteiger partial charge on any atom is 0.488 e. The predicted octanol–water partition coefficient (Wildman–Crippen LogP) is 0.749. The molecule has 1 atom stereocenters. The van der Waals surface area contributed by atoms with Crippen LogP contribution in [0, 0.1) is 0 Å². The van der Waals surface area contributed by atoms with Crippen LogP contribution in [0.1, 0.15) is 31.7 Å². The predicted molar refractivity (Wildman–Crippen MR) is 76.5 cm³/mol. The molecule has 0 aliphatic carbocycles. The number of ether oxygens (including phenoxy) is 1. The average molecular weight is 263 g/mol. The standard InChI is InChI=1S/C14H22BNO3/c1-11-5-3-4-8-16(11)10-12-9-13(19-2)6-7-14(12)15(17)18/h6-7,9,11,17-18H,3-5,8,10H2,1-2H3. The smallest absolute Gasteiger partial charge is 0.488 e. The van der Waals surface area contributed by atoms with E-state index < -0.39 is 7.12 Å². The Bertz CT molecular complexity index is 425. The second-order valence-corrected chi connectivity index (χ2v) is 5.25. The number of nitrogens with zero attached hydrogens (tertiary/aromatic N) is 1. The minimum absolute atomic E-state index is 0.545. The highest BCUT2D eigenvalue weighted by Gasteiger charge is 2.22. The minimum Gasteiger partial charge on any atom is -0.497 e. The molecule has 1 aliphatic rings. The number of benzene rings is 1. The lowest BCUT2D eigenvalue weighted by atomic mass is 9.76. The third-order valence-electron chi connectivity index (χ3n) is 3.94. The molecule has 1 fully saturated rings. The number of likely N-dealkylation sites (tertiary alicyclic amines) is 1. The summed E-state index contributed by atoms with van der Waals surface area (Å²) in [6.45, 7) is 4.04. The Morgan fingerprint density at radius 1 is 1.37 bits per heavy atom. The van der Waals surface area contributed by atoms with E-state index in [0.717, 1.165) is 24.4 Å². The van der Waals surface area contributed by atoms with E-state index in [1.54, 1.807) is 19.2 Å². The Morgan fingerprint density at radius 2 is 2.16 bits per heavy atom. The molecule has 1 aliphatic heterocycles. The van der Waals surface area contributed by atoms with Gasteiger partial charge in [0.05, 0.1) is 7.11 Å². The quantitative estimate of drug-likeness (QED) is 0.787. The molecule has 1 aromatic rings. The third kappa shape index (κ3) is 3.50. The van der Waals surface area contributed by atoms with Crippen LogP contribution in [0.5, 0.6) is 5.75 Å². The number of methoxy groups -OCH3 is 1. The molecular weight excluding hydrogens is 241 g/mol. The Balaban J connectivity index is 2.21. The summed E-state index contributed by atoms with van der Waals surface area (Å²) in [6, 6.07) is 5.94. The number of hydrogen-bond donors (Lipinski definition) is 2. The second kappa shape index (κ2) is 6.41. The molecule has 0 radical (unpaired) electrons. The van der Waals surface area contributed by atoms with Gasteiger partial charge >= 0.3 is 7.12 Å². The van der Waals surface area contributed by atoms with Crippen LogP contribution in [0.4, 0.5) is 0 Å². The number of rotatable bonds is 4. The van der Waals surface area contributed by atoms with E-state index in [1.807, 2.05) is 6.07 Å². The van der Waals surface area contributed by atoms with E-state index in [4.69, 9.17) is 4.74 Å². The summed E-state index contributed by atoms with van der Waals surface area (Å²) in [5.74, 6) is 0.754. The molecule has 4 nitrogen and oxygen atoms in total. The van der Waals surface area contributed by atoms with Crippen molar-refractivity contribution in [2.45, 2.75) is 38.8 Å². The molecule has 0 bridgehead atoms.